The third-order valence-corrected chi connectivity index (χ3v) is 7.08. The van der Waals surface area contributed by atoms with Crippen molar-refractivity contribution in [3.8, 4) is 11.4 Å². The van der Waals surface area contributed by atoms with Gasteiger partial charge in [0, 0.05) is 6.54 Å². The van der Waals surface area contributed by atoms with Crippen LogP contribution in [0.5, 0.6) is 5.75 Å². The Kier molecular flexibility index (Phi) is 9.10. The molecule has 0 aliphatic carbocycles. The number of hydrogen-bond donors (Lipinski definition) is 2. The molecule has 4 aromatic rings. The highest BCUT2D eigenvalue weighted by Gasteiger charge is 2.19. The molecule has 0 saturated heterocycles. The molecule has 6 nitrogen and oxygen atoms in total. The lowest BCUT2D eigenvalue weighted by Gasteiger charge is -2.16. The lowest BCUT2D eigenvalue weighted by Crippen LogP contribution is -2.17. The number of hydrogen-bond acceptors (Lipinski definition) is 4. The normalized spacial score (nSPS) is 11.2. The molecule has 0 amide bonds. The molecular formula is C30H31Cl2N3O3. The van der Waals surface area contributed by atoms with Crippen molar-refractivity contribution in [1.82, 2.24) is 15.1 Å². The minimum absolute atomic E-state index is 0.258. The van der Waals surface area contributed by atoms with E-state index >= 15 is 0 Å². The Labute approximate surface area is 233 Å². The van der Waals surface area contributed by atoms with Crippen molar-refractivity contribution < 1.29 is 14.6 Å². The number of aromatic nitrogens is 2. The molecular weight excluding hydrogens is 521 g/mol. The van der Waals surface area contributed by atoms with Crippen molar-refractivity contribution in [2.75, 3.05) is 6.54 Å². The van der Waals surface area contributed by atoms with Gasteiger partial charge in [-0.15, -0.1) is 0 Å². The zero-order chi connectivity index (χ0) is 27.2. The minimum atomic E-state index is -0.909. The highest BCUT2D eigenvalue weighted by molar-refractivity contribution is 6.37. The summed E-state index contributed by atoms with van der Waals surface area (Å²) in [5.41, 5.74) is 6.36. The zero-order valence-electron chi connectivity index (χ0n) is 21.7. The van der Waals surface area contributed by atoms with Crippen LogP contribution < -0.4 is 10.1 Å². The highest BCUT2D eigenvalue weighted by Crippen LogP contribution is 2.32. The molecule has 0 aliphatic heterocycles. The van der Waals surface area contributed by atoms with Gasteiger partial charge >= 0.3 is 5.97 Å². The van der Waals surface area contributed by atoms with Crippen LogP contribution in [0.1, 0.15) is 58.1 Å². The van der Waals surface area contributed by atoms with E-state index in [0.717, 1.165) is 47.6 Å². The van der Waals surface area contributed by atoms with Crippen molar-refractivity contribution in [3.63, 3.8) is 0 Å². The topological polar surface area (TPSA) is 76.4 Å². The van der Waals surface area contributed by atoms with Crippen LogP contribution in [0.3, 0.4) is 0 Å². The van der Waals surface area contributed by atoms with Crippen molar-refractivity contribution in [2.24, 2.45) is 0 Å². The number of rotatable bonds is 11. The fraction of sp³-hybridized carbons (Fsp3) is 0.267. The summed E-state index contributed by atoms with van der Waals surface area (Å²) in [6.45, 7) is 8.16. The molecule has 0 aliphatic rings. The van der Waals surface area contributed by atoms with Crippen LogP contribution in [0, 0.1) is 6.92 Å². The van der Waals surface area contributed by atoms with E-state index in [2.05, 4.69) is 37.3 Å². The van der Waals surface area contributed by atoms with Crippen molar-refractivity contribution >= 4 is 29.2 Å². The molecule has 4 rings (SSSR count). The van der Waals surface area contributed by atoms with Crippen molar-refractivity contribution in [1.29, 1.82) is 0 Å². The monoisotopic (exact) mass is 551 g/mol. The summed E-state index contributed by atoms with van der Waals surface area (Å²) in [5.74, 6) is 0.125. The number of nitrogens with zero attached hydrogens (tertiary/aromatic N) is 2. The summed E-state index contributed by atoms with van der Waals surface area (Å²) in [6.07, 6.45) is 2.67. The van der Waals surface area contributed by atoms with Crippen LogP contribution in [0.4, 0.5) is 0 Å². The number of halogens is 2. The van der Waals surface area contributed by atoms with Crippen LogP contribution in [-0.4, -0.2) is 27.4 Å². The zero-order valence-corrected chi connectivity index (χ0v) is 23.2. The first-order valence-electron chi connectivity index (χ1n) is 12.5. The third kappa shape index (κ3) is 6.57. The van der Waals surface area contributed by atoms with Crippen LogP contribution in [-0.2, 0) is 19.6 Å². The lowest BCUT2D eigenvalue weighted by atomic mass is 10.0. The standard InChI is InChI=1S/C30H31Cl2N3O3/c1-19(2)25-17-34-35(29-26(31)5-4-6-27(29)32)28(25)18-38-24-12-11-23(20(3)15-24)16-33-14-13-21-7-9-22(10-8-21)30(36)37/h4-12,15,17,19,33H,13-14,16,18H2,1-3H3,(H,36,37). The largest absolute Gasteiger partial charge is 0.487 e. The summed E-state index contributed by atoms with van der Waals surface area (Å²) < 4.78 is 8.00. The number of carboxylic acids is 1. The first-order chi connectivity index (χ1) is 18.2. The molecule has 3 aromatic carbocycles. The van der Waals surface area contributed by atoms with E-state index in [0.29, 0.717) is 27.9 Å². The Morgan fingerprint density at radius 1 is 1.08 bits per heavy atom. The predicted molar refractivity (Wildman–Crippen MR) is 152 cm³/mol. The van der Waals surface area contributed by atoms with Gasteiger partial charge in [0.2, 0.25) is 0 Å². The van der Waals surface area contributed by atoms with Gasteiger partial charge < -0.3 is 15.2 Å². The van der Waals surface area contributed by atoms with Gasteiger partial charge in [0.25, 0.3) is 0 Å². The van der Waals surface area contributed by atoms with E-state index in [1.54, 1.807) is 28.9 Å². The summed E-state index contributed by atoms with van der Waals surface area (Å²) in [6, 6.07) is 18.5. The fourth-order valence-electron chi connectivity index (χ4n) is 4.28. The average Bonchev–Trinajstić information content (AvgIpc) is 3.30. The first-order valence-corrected chi connectivity index (χ1v) is 13.3. The number of ether oxygens (including phenoxy) is 1. The van der Waals surface area contributed by atoms with E-state index in [-0.39, 0.29) is 5.92 Å². The van der Waals surface area contributed by atoms with E-state index in [1.165, 1.54) is 5.56 Å². The van der Waals surface area contributed by atoms with Gasteiger partial charge in [0.05, 0.1) is 27.5 Å². The second kappa shape index (κ2) is 12.5. The Bertz CT molecular complexity index is 1390. The quantitative estimate of drug-likeness (QED) is 0.192. The molecule has 0 spiro atoms. The van der Waals surface area contributed by atoms with Gasteiger partial charge in [-0.05, 0) is 84.5 Å². The molecule has 8 heteroatoms. The minimum Gasteiger partial charge on any atom is -0.487 e. The summed E-state index contributed by atoms with van der Waals surface area (Å²) in [5, 5.41) is 18.1. The van der Waals surface area contributed by atoms with E-state index in [4.69, 9.17) is 33.0 Å². The molecule has 1 heterocycles. The first kappa shape index (κ1) is 27.7. The van der Waals surface area contributed by atoms with Crippen LogP contribution in [0.2, 0.25) is 10.0 Å². The SMILES string of the molecule is Cc1cc(OCc2c(C(C)C)cnn2-c2c(Cl)cccc2Cl)ccc1CNCCc1ccc(C(=O)O)cc1. The Balaban J connectivity index is 1.38. The number of aromatic carboxylic acids is 1. The molecule has 0 saturated carbocycles. The Morgan fingerprint density at radius 2 is 1.79 bits per heavy atom. The molecule has 0 bridgehead atoms. The van der Waals surface area contributed by atoms with Crippen molar-refractivity contribution in [2.45, 2.75) is 46.3 Å². The van der Waals surface area contributed by atoms with Gasteiger partial charge in [-0.3, -0.25) is 0 Å². The molecule has 38 heavy (non-hydrogen) atoms. The second-order valence-corrected chi connectivity index (χ2v) is 10.3. The van der Waals surface area contributed by atoms with Crippen LogP contribution in [0.25, 0.3) is 5.69 Å². The molecule has 0 unspecified atom stereocenters. The maximum Gasteiger partial charge on any atom is 0.335 e. The lowest BCUT2D eigenvalue weighted by molar-refractivity contribution is 0.0697. The predicted octanol–water partition coefficient (Wildman–Crippen LogP) is 7.22. The highest BCUT2D eigenvalue weighted by atomic mass is 35.5. The second-order valence-electron chi connectivity index (χ2n) is 9.49. The Hall–Kier alpha value is -3.32. The molecule has 2 N–H and O–H groups in total. The molecule has 0 atom stereocenters. The molecule has 1 aromatic heterocycles. The number of carboxylic acid groups (broad SMARTS) is 1. The molecule has 0 fully saturated rings. The summed E-state index contributed by atoms with van der Waals surface area (Å²) >= 11 is 12.9. The number of nitrogens with one attached hydrogen (secondary N) is 1. The fourth-order valence-corrected chi connectivity index (χ4v) is 4.83. The van der Waals surface area contributed by atoms with Crippen molar-refractivity contribution in [3.05, 3.63) is 110 Å². The van der Waals surface area contributed by atoms with Gasteiger partial charge in [-0.2, -0.15) is 5.10 Å². The number of carbonyl (C=O) groups is 1. The summed E-state index contributed by atoms with van der Waals surface area (Å²) in [7, 11) is 0. The van der Waals surface area contributed by atoms with Gasteiger partial charge in [0.15, 0.2) is 0 Å². The van der Waals surface area contributed by atoms with Crippen LogP contribution >= 0.6 is 23.2 Å². The molecule has 0 radical (unpaired) electrons. The van der Waals surface area contributed by atoms with Gasteiger partial charge in [-0.25, -0.2) is 9.48 Å². The van der Waals surface area contributed by atoms with Crippen LogP contribution in [0.15, 0.2) is 66.9 Å². The average molecular weight is 553 g/mol. The maximum atomic E-state index is 11.0. The maximum absolute atomic E-state index is 11.0. The summed E-state index contributed by atoms with van der Waals surface area (Å²) in [4.78, 5) is 11.0. The third-order valence-electron chi connectivity index (χ3n) is 6.47. The smallest absolute Gasteiger partial charge is 0.335 e. The van der Waals surface area contributed by atoms with E-state index < -0.39 is 5.97 Å². The van der Waals surface area contributed by atoms with E-state index in [1.807, 2.05) is 36.5 Å². The Morgan fingerprint density at radius 3 is 2.42 bits per heavy atom. The van der Waals surface area contributed by atoms with E-state index in [9.17, 15) is 4.79 Å². The number of para-hydroxylation sites is 1. The van der Waals surface area contributed by atoms with Gasteiger partial charge in [-0.1, -0.05) is 61.3 Å². The number of benzene rings is 3. The molecule has 198 valence electrons. The van der Waals surface area contributed by atoms with Gasteiger partial charge in [0.1, 0.15) is 18.0 Å². The number of aryl methyl sites for hydroxylation is 1.